The van der Waals surface area contributed by atoms with Crippen LogP contribution >= 0.6 is 11.6 Å². The molecule has 1 aromatic carbocycles. The first-order valence-corrected chi connectivity index (χ1v) is 8.27. The van der Waals surface area contributed by atoms with Crippen LogP contribution in [-0.2, 0) is 6.42 Å². The van der Waals surface area contributed by atoms with Crippen LogP contribution in [-0.4, -0.2) is 19.1 Å². The Morgan fingerprint density at radius 3 is 2.90 bits per heavy atom. The first-order valence-electron chi connectivity index (χ1n) is 7.89. The van der Waals surface area contributed by atoms with Gasteiger partial charge in [0.05, 0.1) is 0 Å². The van der Waals surface area contributed by atoms with E-state index < -0.39 is 0 Å². The topological polar surface area (TPSA) is 29.3 Å². The van der Waals surface area contributed by atoms with Gasteiger partial charge in [0.2, 0.25) is 0 Å². The van der Waals surface area contributed by atoms with E-state index in [0.29, 0.717) is 0 Å². The molecule has 2 atom stereocenters. The molecule has 0 radical (unpaired) electrons. The summed E-state index contributed by atoms with van der Waals surface area (Å²) in [5.41, 5.74) is 8.68. The summed E-state index contributed by atoms with van der Waals surface area (Å²) in [7, 11) is 0. The van der Waals surface area contributed by atoms with Crippen LogP contribution in [0.15, 0.2) is 18.2 Å². The highest BCUT2D eigenvalue weighted by Crippen LogP contribution is 2.31. The van der Waals surface area contributed by atoms with Crippen molar-refractivity contribution in [3.05, 3.63) is 28.8 Å². The Kier molecular flexibility index (Phi) is 5.74. The number of benzene rings is 1. The van der Waals surface area contributed by atoms with Gasteiger partial charge in [-0.15, -0.1) is 0 Å². The Bertz CT molecular complexity index is 433. The fourth-order valence-corrected chi connectivity index (χ4v) is 3.20. The quantitative estimate of drug-likeness (QED) is 0.899. The van der Waals surface area contributed by atoms with Crippen molar-refractivity contribution in [3.63, 3.8) is 0 Å². The molecule has 3 heteroatoms. The SMILES string of the molecule is CCC(N)Cc1c(Cl)cccc1N1CCCC(C)CC1. The maximum Gasteiger partial charge on any atom is 0.0459 e. The summed E-state index contributed by atoms with van der Waals surface area (Å²) in [6.07, 6.45) is 5.73. The lowest BCUT2D eigenvalue weighted by Gasteiger charge is -2.27. The Hall–Kier alpha value is -0.730. The van der Waals surface area contributed by atoms with Gasteiger partial charge >= 0.3 is 0 Å². The Morgan fingerprint density at radius 1 is 1.35 bits per heavy atom. The van der Waals surface area contributed by atoms with Crippen molar-refractivity contribution in [2.75, 3.05) is 18.0 Å². The van der Waals surface area contributed by atoms with Crippen LogP contribution in [0, 0.1) is 5.92 Å². The van der Waals surface area contributed by atoms with Gasteiger partial charge in [-0.3, -0.25) is 0 Å². The third-order valence-corrected chi connectivity index (χ3v) is 4.80. The summed E-state index contributed by atoms with van der Waals surface area (Å²) < 4.78 is 0. The third-order valence-electron chi connectivity index (χ3n) is 4.44. The van der Waals surface area contributed by atoms with E-state index in [1.54, 1.807) is 0 Å². The highest BCUT2D eigenvalue weighted by atomic mass is 35.5. The maximum absolute atomic E-state index is 6.44. The number of rotatable bonds is 4. The first kappa shape index (κ1) is 15.7. The second kappa shape index (κ2) is 7.33. The monoisotopic (exact) mass is 294 g/mol. The number of hydrogen-bond acceptors (Lipinski definition) is 2. The smallest absolute Gasteiger partial charge is 0.0459 e. The zero-order chi connectivity index (χ0) is 14.5. The van der Waals surface area contributed by atoms with E-state index in [1.165, 1.54) is 30.5 Å². The van der Waals surface area contributed by atoms with Crippen LogP contribution in [0.1, 0.15) is 45.1 Å². The van der Waals surface area contributed by atoms with Crippen molar-refractivity contribution in [1.82, 2.24) is 0 Å². The van der Waals surface area contributed by atoms with Gasteiger partial charge in [-0.25, -0.2) is 0 Å². The van der Waals surface area contributed by atoms with Gasteiger partial charge < -0.3 is 10.6 Å². The van der Waals surface area contributed by atoms with Crippen LogP contribution in [0.2, 0.25) is 5.02 Å². The summed E-state index contributed by atoms with van der Waals surface area (Å²) in [6, 6.07) is 6.45. The average molecular weight is 295 g/mol. The van der Waals surface area contributed by atoms with Crippen molar-refractivity contribution in [2.24, 2.45) is 11.7 Å². The standard InChI is InChI=1S/C17H27ClN2/c1-3-14(19)12-15-16(18)7-4-8-17(15)20-10-5-6-13(2)9-11-20/h4,7-8,13-14H,3,5-6,9-12,19H2,1-2H3. The Morgan fingerprint density at radius 2 is 2.15 bits per heavy atom. The van der Waals surface area contributed by atoms with E-state index in [1.807, 2.05) is 6.07 Å². The fraction of sp³-hybridized carbons (Fsp3) is 0.647. The zero-order valence-corrected chi connectivity index (χ0v) is 13.5. The third kappa shape index (κ3) is 3.89. The van der Waals surface area contributed by atoms with Crippen molar-refractivity contribution < 1.29 is 0 Å². The summed E-state index contributed by atoms with van der Waals surface area (Å²) >= 11 is 6.44. The van der Waals surface area contributed by atoms with Crippen LogP contribution < -0.4 is 10.6 Å². The van der Waals surface area contributed by atoms with E-state index in [2.05, 4.69) is 30.9 Å². The molecule has 0 spiro atoms. The van der Waals surface area contributed by atoms with E-state index in [4.69, 9.17) is 17.3 Å². The molecule has 2 N–H and O–H groups in total. The van der Waals surface area contributed by atoms with Gasteiger partial charge in [-0.1, -0.05) is 31.5 Å². The van der Waals surface area contributed by atoms with E-state index in [9.17, 15) is 0 Å². The van der Waals surface area contributed by atoms with E-state index >= 15 is 0 Å². The normalized spacial score (nSPS) is 21.6. The number of anilines is 1. The number of hydrogen-bond donors (Lipinski definition) is 1. The van der Waals surface area contributed by atoms with Crippen LogP contribution in [0.3, 0.4) is 0 Å². The van der Waals surface area contributed by atoms with Gasteiger partial charge in [0.25, 0.3) is 0 Å². The molecule has 1 aliphatic rings. The molecular weight excluding hydrogens is 268 g/mol. The Labute approximate surface area is 128 Å². The van der Waals surface area contributed by atoms with Crippen molar-refractivity contribution >= 4 is 17.3 Å². The molecule has 2 rings (SSSR count). The highest BCUT2D eigenvalue weighted by molar-refractivity contribution is 6.31. The van der Waals surface area contributed by atoms with Gasteiger partial charge in [-0.05, 0) is 55.7 Å². The van der Waals surface area contributed by atoms with Gasteiger partial charge in [0.1, 0.15) is 0 Å². The average Bonchev–Trinajstić information content (AvgIpc) is 2.65. The van der Waals surface area contributed by atoms with Gasteiger partial charge in [-0.2, -0.15) is 0 Å². The minimum Gasteiger partial charge on any atom is -0.371 e. The molecule has 0 bridgehead atoms. The molecule has 20 heavy (non-hydrogen) atoms. The van der Waals surface area contributed by atoms with E-state index in [0.717, 1.165) is 36.9 Å². The molecule has 112 valence electrons. The van der Waals surface area contributed by atoms with Crippen LogP contribution in [0.4, 0.5) is 5.69 Å². The molecular formula is C17H27ClN2. The second-order valence-electron chi connectivity index (χ2n) is 6.13. The van der Waals surface area contributed by atoms with Crippen molar-refractivity contribution in [1.29, 1.82) is 0 Å². The van der Waals surface area contributed by atoms with Crippen molar-refractivity contribution in [3.8, 4) is 0 Å². The number of halogens is 1. The zero-order valence-electron chi connectivity index (χ0n) is 12.7. The lowest BCUT2D eigenvalue weighted by atomic mass is 10.0. The fourth-order valence-electron chi connectivity index (χ4n) is 2.96. The molecule has 1 aromatic rings. The van der Waals surface area contributed by atoms with Crippen LogP contribution in [0.25, 0.3) is 0 Å². The molecule has 1 fully saturated rings. The molecule has 0 aromatic heterocycles. The lowest BCUT2D eigenvalue weighted by Crippen LogP contribution is -2.28. The van der Waals surface area contributed by atoms with E-state index in [-0.39, 0.29) is 6.04 Å². The summed E-state index contributed by atoms with van der Waals surface area (Å²) in [5, 5.41) is 0.865. The summed E-state index contributed by atoms with van der Waals surface area (Å²) in [4.78, 5) is 2.51. The summed E-state index contributed by atoms with van der Waals surface area (Å²) in [5.74, 6) is 0.834. The Balaban J connectivity index is 2.23. The lowest BCUT2D eigenvalue weighted by molar-refractivity contribution is 0.521. The summed E-state index contributed by atoms with van der Waals surface area (Å²) in [6.45, 7) is 6.76. The molecule has 2 unspecified atom stereocenters. The number of nitrogens with zero attached hydrogens (tertiary/aromatic N) is 1. The van der Waals surface area contributed by atoms with Crippen LogP contribution in [0.5, 0.6) is 0 Å². The molecule has 0 saturated carbocycles. The minimum atomic E-state index is 0.194. The molecule has 1 aliphatic heterocycles. The highest BCUT2D eigenvalue weighted by Gasteiger charge is 2.18. The largest absolute Gasteiger partial charge is 0.371 e. The molecule has 1 saturated heterocycles. The number of nitrogens with two attached hydrogens (primary N) is 1. The maximum atomic E-state index is 6.44. The van der Waals surface area contributed by atoms with Crippen molar-refractivity contribution in [2.45, 2.75) is 52.0 Å². The molecule has 1 heterocycles. The molecule has 0 amide bonds. The second-order valence-corrected chi connectivity index (χ2v) is 6.54. The molecule has 0 aliphatic carbocycles. The van der Waals surface area contributed by atoms with Gasteiger partial charge in [0.15, 0.2) is 0 Å². The molecule has 2 nitrogen and oxygen atoms in total. The minimum absolute atomic E-state index is 0.194. The first-order chi connectivity index (χ1) is 9.61. The van der Waals surface area contributed by atoms with Gasteiger partial charge in [0, 0.05) is 29.8 Å². The predicted octanol–water partition coefficient (Wildman–Crippen LogP) is 4.25. The predicted molar refractivity (Wildman–Crippen MR) is 88.7 cm³/mol.